The lowest BCUT2D eigenvalue weighted by atomic mass is 10.1. The Balaban J connectivity index is 1.33. The molecule has 0 saturated carbocycles. The van der Waals surface area contributed by atoms with Gasteiger partial charge in [0.05, 0.1) is 11.3 Å². The summed E-state index contributed by atoms with van der Waals surface area (Å²) < 4.78 is 25.4. The van der Waals surface area contributed by atoms with Gasteiger partial charge in [0.2, 0.25) is 11.9 Å². The Morgan fingerprint density at radius 2 is 1.78 bits per heavy atom. The lowest BCUT2D eigenvalue weighted by molar-refractivity contribution is -0.132. The van der Waals surface area contributed by atoms with E-state index in [0.717, 1.165) is 48.5 Å². The van der Waals surface area contributed by atoms with Gasteiger partial charge in [-0.15, -0.1) is 0 Å². The highest BCUT2D eigenvalue weighted by atomic mass is 32.2. The summed E-state index contributed by atoms with van der Waals surface area (Å²) in [6.45, 7) is 3.32. The van der Waals surface area contributed by atoms with Crippen LogP contribution in [0, 0.1) is 0 Å². The molecule has 9 nitrogen and oxygen atoms in total. The highest BCUT2D eigenvalue weighted by molar-refractivity contribution is 7.90. The van der Waals surface area contributed by atoms with Gasteiger partial charge in [-0.3, -0.25) is 4.79 Å². The summed E-state index contributed by atoms with van der Waals surface area (Å²) in [6.07, 6.45) is 5.16. The quantitative estimate of drug-likeness (QED) is 0.431. The molecule has 2 aromatic carbocycles. The van der Waals surface area contributed by atoms with Crippen molar-refractivity contribution < 1.29 is 13.2 Å². The lowest BCUT2D eigenvalue weighted by Gasteiger charge is -2.32. The Bertz CT molecular complexity index is 1510. The molecule has 10 heteroatoms. The van der Waals surface area contributed by atoms with Crippen LogP contribution in [-0.2, 0) is 21.1 Å². The molecule has 0 unspecified atom stereocenters. The highest BCUT2D eigenvalue weighted by Crippen LogP contribution is 2.23. The van der Waals surface area contributed by atoms with Crippen molar-refractivity contribution in [2.75, 3.05) is 44.8 Å². The van der Waals surface area contributed by atoms with E-state index in [4.69, 9.17) is 4.98 Å². The van der Waals surface area contributed by atoms with Crippen LogP contribution in [0.3, 0.4) is 0 Å². The van der Waals surface area contributed by atoms with Crippen LogP contribution < -0.4 is 5.32 Å². The average molecular weight is 505 g/mol. The first-order chi connectivity index (χ1) is 17.3. The molecule has 0 spiro atoms. The average Bonchev–Trinajstić information content (AvgIpc) is 3.27. The van der Waals surface area contributed by atoms with Gasteiger partial charge >= 0.3 is 0 Å². The minimum absolute atomic E-state index is 0.137. The summed E-state index contributed by atoms with van der Waals surface area (Å²) in [7, 11) is -1.19. The van der Waals surface area contributed by atoms with E-state index < -0.39 is 9.84 Å². The van der Waals surface area contributed by atoms with Gasteiger partial charge in [-0.1, -0.05) is 12.1 Å². The predicted octanol–water partition coefficient (Wildman–Crippen LogP) is 2.88. The molecule has 1 aliphatic rings. The van der Waals surface area contributed by atoms with Crippen LogP contribution >= 0.6 is 0 Å². The number of hydrogen-bond donors (Lipinski definition) is 1. The summed E-state index contributed by atoms with van der Waals surface area (Å²) >= 11 is 0. The zero-order valence-electron chi connectivity index (χ0n) is 20.3. The fraction of sp³-hybridized carbons (Fsp3) is 0.269. The largest absolute Gasteiger partial charge is 0.340 e. The normalized spacial score (nSPS) is 14.8. The second-order valence-electron chi connectivity index (χ2n) is 9.11. The van der Waals surface area contributed by atoms with Crippen LogP contribution in [0.4, 0.5) is 11.6 Å². The Morgan fingerprint density at radius 1 is 1.03 bits per heavy atom. The SMILES string of the molecule is CN1CCN(C(=O)Cc2cccc(Nc3ncc4ccn(-c5ccc(S(C)(=O)=O)cc5)c4n3)c2)CC1. The third-order valence-electron chi connectivity index (χ3n) is 6.36. The van der Waals surface area contributed by atoms with Crippen molar-refractivity contribution in [2.24, 2.45) is 0 Å². The Kier molecular flexibility index (Phi) is 6.46. The minimum Gasteiger partial charge on any atom is -0.340 e. The van der Waals surface area contributed by atoms with E-state index in [2.05, 4.69) is 22.2 Å². The number of rotatable bonds is 6. The Morgan fingerprint density at radius 3 is 2.50 bits per heavy atom. The molecule has 0 bridgehead atoms. The number of carbonyl (C=O) groups excluding carboxylic acids is 1. The van der Waals surface area contributed by atoms with Crippen molar-refractivity contribution in [3.63, 3.8) is 0 Å². The molecule has 1 aliphatic heterocycles. The number of nitrogens with zero attached hydrogens (tertiary/aromatic N) is 5. The number of likely N-dealkylation sites (N-methyl/N-ethyl adjacent to an activating group) is 1. The first-order valence-corrected chi connectivity index (χ1v) is 13.6. The molecule has 1 saturated heterocycles. The van der Waals surface area contributed by atoms with E-state index in [1.807, 2.05) is 46.0 Å². The van der Waals surface area contributed by atoms with Gasteiger partial charge in [0.1, 0.15) is 5.65 Å². The monoisotopic (exact) mass is 504 g/mol. The maximum absolute atomic E-state index is 12.7. The summed E-state index contributed by atoms with van der Waals surface area (Å²) in [5.41, 5.74) is 3.22. The smallest absolute Gasteiger partial charge is 0.229 e. The van der Waals surface area contributed by atoms with Gasteiger partial charge in [0.15, 0.2) is 9.84 Å². The Labute approximate surface area is 210 Å². The van der Waals surface area contributed by atoms with Crippen molar-refractivity contribution in [3.8, 4) is 5.69 Å². The Hall–Kier alpha value is -3.76. The topological polar surface area (TPSA) is 100 Å². The maximum atomic E-state index is 12.7. The zero-order valence-corrected chi connectivity index (χ0v) is 21.1. The van der Waals surface area contributed by atoms with Crippen molar-refractivity contribution in [3.05, 3.63) is 72.6 Å². The van der Waals surface area contributed by atoms with Gasteiger partial charge in [0.25, 0.3) is 0 Å². The maximum Gasteiger partial charge on any atom is 0.229 e. The molecule has 186 valence electrons. The van der Waals surface area contributed by atoms with Crippen molar-refractivity contribution >= 4 is 38.4 Å². The number of anilines is 2. The number of nitrogens with one attached hydrogen (secondary N) is 1. The molecular formula is C26H28N6O3S. The minimum atomic E-state index is -3.26. The molecule has 4 aromatic rings. The fourth-order valence-electron chi connectivity index (χ4n) is 4.27. The summed E-state index contributed by atoms with van der Waals surface area (Å²) in [5, 5.41) is 4.11. The van der Waals surface area contributed by atoms with Crippen LogP contribution in [0.1, 0.15) is 5.56 Å². The number of sulfone groups is 1. The van der Waals surface area contributed by atoms with E-state index >= 15 is 0 Å². The number of carbonyl (C=O) groups is 1. The van der Waals surface area contributed by atoms with E-state index in [1.54, 1.807) is 30.5 Å². The third-order valence-corrected chi connectivity index (χ3v) is 7.49. The molecule has 0 aliphatic carbocycles. The van der Waals surface area contributed by atoms with E-state index in [-0.39, 0.29) is 10.8 Å². The number of benzene rings is 2. The first kappa shape index (κ1) is 24.0. The third kappa shape index (κ3) is 5.24. The van der Waals surface area contributed by atoms with Gasteiger partial charge in [-0.05, 0) is 55.1 Å². The molecule has 5 rings (SSSR count). The van der Waals surface area contributed by atoms with E-state index in [9.17, 15) is 13.2 Å². The molecule has 0 atom stereocenters. The van der Waals surface area contributed by atoms with Gasteiger partial charge in [0, 0.05) is 61.6 Å². The van der Waals surface area contributed by atoms with Crippen LogP contribution in [-0.4, -0.2) is 78.1 Å². The first-order valence-electron chi connectivity index (χ1n) is 11.7. The summed E-state index contributed by atoms with van der Waals surface area (Å²) in [6, 6.07) is 16.3. The molecule has 2 aromatic heterocycles. The summed E-state index contributed by atoms with van der Waals surface area (Å²) in [4.78, 5) is 26.3. The van der Waals surface area contributed by atoms with Crippen LogP contribution in [0.2, 0.25) is 0 Å². The number of fused-ring (bicyclic) bond motifs is 1. The van der Waals surface area contributed by atoms with Crippen LogP contribution in [0.5, 0.6) is 0 Å². The van der Waals surface area contributed by atoms with Gasteiger partial charge in [-0.2, -0.15) is 4.98 Å². The fourth-order valence-corrected chi connectivity index (χ4v) is 4.90. The molecule has 36 heavy (non-hydrogen) atoms. The van der Waals surface area contributed by atoms with Gasteiger partial charge in [-0.25, -0.2) is 13.4 Å². The van der Waals surface area contributed by atoms with Crippen molar-refractivity contribution in [1.82, 2.24) is 24.3 Å². The summed E-state index contributed by atoms with van der Waals surface area (Å²) in [5.74, 6) is 0.565. The van der Waals surface area contributed by atoms with Crippen molar-refractivity contribution in [1.29, 1.82) is 0 Å². The standard InChI is InChI=1S/C26H28N6O3S/c1-30-12-14-31(15-13-30)24(33)17-19-4-3-5-21(16-19)28-26-27-18-20-10-11-32(25(20)29-26)22-6-8-23(9-7-22)36(2,34)35/h3-11,16,18H,12-15,17H2,1-2H3,(H,27,28,29). The number of hydrogen-bond acceptors (Lipinski definition) is 7. The van der Waals surface area contributed by atoms with Crippen molar-refractivity contribution in [2.45, 2.75) is 11.3 Å². The predicted molar refractivity (Wildman–Crippen MR) is 139 cm³/mol. The lowest BCUT2D eigenvalue weighted by Crippen LogP contribution is -2.47. The zero-order chi connectivity index (χ0) is 25.3. The number of piperazine rings is 1. The molecule has 1 N–H and O–H groups in total. The molecular weight excluding hydrogens is 476 g/mol. The molecule has 1 fully saturated rings. The number of amides is 1. The highest BCUT2D eigenvalue weighted by Gasteiger charge is 2.19. The van der Waals surface area contributed by atoms with E-state index in [1.165, 1.54) is 6.26 Å². The van der Waals surface area contributed by atoms with E-state index in [0.29, 0.717) is 18.0 Å². The molecule has 1 amide bonds. The van der Waals surface area contributed by atoms with Crippen LogP contribution in [0.25, 0.3) is 16.7 Å². The molecule has 0 radical (unpaired) electrons. The molecule has 3 heterocycles. The second kappa shape index (κ2) is 9.71. The second-order valence-corrected chi connectivity index (χ2v) is 11.1. The van der Waals surface area contributed by atoms with Crippen LogP contribution in [0.15, 0.2) is 71.9 Å². The van der Waals surface area contributed by atoms with Gasteiger partial charge < -0.3 is 19.7 Å². The number of aromatic nitrogens is 3.